The highest BCUT2D eigenvalue weighted by Crippen LogP contribution is 2.01. The molecule has 6 heteroatoms. The zero-order chi connectivity index (χ0) is 10.1. The summed E-state index contributed by atoms with van der Waals surface area (Å²) < 4.78 is 1.16. The lowest BCUT2D eigenvalue weighted by Gasteiger charge is -1.88. The van der Waals surface area contributed by atoms with Crippen LogP contribution in [0, 0.1) is 0 Å². The first-order valence-corrected chi connectivity index (χ1v) is 4.42. The average Bonchev–Trinajstić information content (AvgIpc) is 2.48. The molecule has 2 aromatic rings. The molecule has 0 amide bonds. The van der Waals surface area contributed by atoms with Crippen molar-refractivity contribution in [2.24, 2.45) is 0 Å². The van der Waals surface area contributed by atoms with Gasteiger partial charge in [0.15, 0.2) is 0 Å². The molecule has 0 saturated heterocycles. The maximum Gasteiger partial charge on any atom is 0.352 e. The first-order valence-electron chi connectivity index (χ1n) is 4.42. The van der Waals surface area contributed by atoms with Crippen molar-refractivity contribution in [3.63, 3.8) is 0 Å². The Morgan fingerprint density at radius 2 is 2.21 bits per heavy atom. The van der Waals surface area contributed by atoms with Gasteiger partial charge in [0.25, 0.3) is 0 Å². The molecule has 0 atom stereocenters. The summed E-state index contributed by atoms with van der Waals surface area (Å²) in [6.45, 7) is 2.02. The number of fused-ring (bicyclic) bond motifs is 1. The third-order valence-corrected chi connectivity index (χ3v) is 1.92. The van der Waals surface area contributed by atoms with Gasteiger partial charge in [-0.2, -0.15) is 9.61 Å². The third kappa shape index (κ3) is 1.34. The van der Waals surface area contributed by atoms with Crippen molar-refractivity contribution >= 4 is 5.65 Å². The predicted octanol–water partition coefficient (Wildman–Crippen LogP) is -0.337. The highest BCUT2D eigenvalue weighted by Gasteiger charge is 2.03. The molecule has 0 aliphatic carbocycles. The Bertz CT molecular complexity index is 562. The van der Waals surface area contributed by atoms with E-state index in [4.69, 9.17) is 0 Å². The predicted molar refractivity (Wildman–Crippen MR) is 50.4 cm³/mol. The Morgan fingerprint density at radius 1 is 1.43 bits per heavy atom. The zero-order valence-corrected chi connectivity index (χ0v) is 7.70. The lowest BCUT2D eigenvalue weighted by atomic mass is 10.3. The van der Waals surface area contributed by atoms with Crippen molar-refractivity contribution in [3.8, 4) is 0 Å². The standard InChI is InChI=1S/C8H10N4O2/c1-2-3-5-4-6-9-7(13)10-8(14)12(6)11-5/h4H,2-3H2,1H3,(H2,9,10,13,14). The van der Waals surface area contributed by atoms with Gasteiger partial charge in [-0.15, -0.1) is 0 Å². The summed E-state index contributed by atoms with van der Waals surface area (Å²) in [5.41, 5.74) is 0.221. The highest BCUT2D eigenvalue weighted by atomic mass is 16.2. The molecule has 74 valence electrons. The van der Waals surface area contributed by atoms with Gasteiger partial charge in [-0.25, -0.2) is 9.59 Å². The Morgan fingerprint density at radius 3 is 2.93 bits per heavy atom. The quantitative estimate of drug-likeness (QED) is 0.686. The molecule has 2 aromatic heterocycles. The SMILES string of the molecule is CCCc1cc2[nH]c(=O)[nH]c(=O)n2n1. The van der Waals surface area contributed by atoms with E-state index in [0.29, 0.717) is 5.65 Å². The molecule has 0 saturated carbocycles. The number of aromatic nitrogens is 4. The van der Waals surface area contributed by atoms with Gasteiger partial charge in [0.1, 0.15) is 5.65 Å². The minimum absolute atomic E-state index is 0.433. The third-order valence-electron chi connectivity index (χ3n) is 1.92. The Labute approximate surface area is 78.6 Å². The van der Waals surface area contributed by atoms with E-state index in [0.717, 1.165) is 23.1 Å². The first kappa shape index (κ1) is 8.74. The second-order valence-corrected chi connectivity index (χ2v) is 3.07. The van der Waals surface area contributed by atoms with Crippen LogP contribution in [0.5, 0.6) is 0 Å². The van der Waals surface area contributed by atoms with Crippen LogP contribution in [-0.2, 0) is 6.42 Å². The molecule has 0 bridgehead atoms. The van der Waals surface area contributed by atoms with Gasteiger partial charge < -0.3 is 0 Å². The largest absolute Gasteiger partial charge is 0.352 e. The first-order chi connectivity index (χ1) is 6.70. The van der Waals surface area contributed by atoms with Crippen LogP contribution in [0.4, 0.5) is 0 Å². The molecule has 0 unspecified atom stereocenters. The maximum atomic E-state index is 11.2. The van der Waals surface area contributed by atoms with E-state index in [1.807, 2.05) is 6.92 Å². The molecule has 2 rings (SSSR count). The van der Waals surface area contributed by atoms with Crippen molar-refractivity contribution in [1.29, 1.82) is 0 Å². The number of rotatable bonds is 2. The van der Waals surface area contributed by atoms with Gasteiger partial charge in [0.2, 0.25) is 0 Å². The van der Waals surface area contributed by atoms with E-state index < -0.39 is 11.4 Å². The second kappa shape index (κ2) is 3.13. The zero-order valence-electron chi connectivity index (χ0n) is 7.70. The molecule has 2 N–H and O–H groups in total. The van der Waals surface area contributed by atoms with Crippen LogP contribution in [0.15, 0.2) is 15.7 Å². The summed E-state index contributed by atoms with van der Waals surface area (Å²) in [6, 6.07) is 1.71. The van der Waals surface area contributed by atoms with Crippen molar-refractivity contribution < 1.29 is 0 Å². The number of hydrogen-bond acceptors (Lipinski definition) is 3. The average molecular weight is 194 g/mol. The van der Waals surface area contributed by atoms with Gasteiger partial charge in [-0.3, -0.25) is 9.97 Å². The molecule has 0 aromatic carbocycles. The Kier molecular flexibility index (Phi) is 1.95. The molecule has 0 aliphatic heterocycles. The molecular formula is C8H10N4O2. The van der Waals surface area contributed by atoms with Crippen LogP contribution in [-0.4, -0.2) is 19.6 Å². The minimum Gasteiger partial charge on any atom is -0.292 e. The van der Waals surface area contributed by atoms with Gasteiger partial charge in [0.05, 0.1) is 5.69 Å². The topological polar surface area (TPSA) is 83.0 Å². The smallest absolute Gasteiger partial charge is 0.292 e. The summed E-state index contributed by atoms with van der Waals surface area (Å²) in [5.74, 6) is 0. The highest BCUT2D eigenvalue weighted by molar-refractivity contribution is 5.37. The van der Waals surface area contributed by atoms with Crippen LogP contribution in [0.3, 0.4) is 0 Å². The molecule has 0 aliphatic rings. The normalized spacial score (nSPS) is 10.9. The fraction of sp³-hybridized carbons (Fsp3) is 0.375. The monoisotopic (exact) mass is 194 g/mol. The summed E-state index contributed by atoms with van der Waals surface area (Å²) >= 11 is 0. The van der Waals surface area contributed by atoms with E-state index in [1.165, 1.54) is 0 Å². The lowest BCUT2D eigenvalue weighted by Crippen LogP contribution is -2.28. The summed E-state index contributed by atoms with van der Waals surface area (Å²) in [6.07, 6.45) is 1.75. The van der Waals surface area contributed by atoms with E-state index in [1.54, 1.807) is 6.07 Å². The van der Waals surface area contributed by atoms with Gasteiger partial charge in [0, 0.05) is 6.07 Å². The van der Waals surface area contributed by atoms with Crippen LogP contribution in [0.25, 0.3) is 5.65 Å². The summed E-state index contributed by atoms with van der Waals surface area (Å²) in [4.78, 5) is 26.8. The van der Waals surface area contributed by atoms with Crippen molar-refractivity contribution in [1.82, 2.24) is 19.6 Å². The number of aromatic amines is 2. The molecule has 14 heavy (non-hydrogen) atoms. The molecule has 6 nitrogen and oxygen atoms in total. The van der Waals surface area contributed by atoms with Gasteiger partial charge in [-0.1, -0.05) is 13.3 Å². The summed E-state index contributed by atoms with van der Waals surface area (Å²) in [5, 5.41) is 4.05. The summed E-state index contributed by atoms with van der Waals surface area (Å²) in [7, 11) is 0. The lowest BCUT2D eigenvalue weighted by molar-refractivity contribution is 0.782. The number of nitrogens with zero attached hydrogens (tertiary/aromatic N) is 2. The molecule has 0 spiro atoms. The minimum atomic E-state index is -0.509. The number of aryl methyl sites for hydroxylation is 1. The van der Waals surface area contributed by atoms with E-state index >= 15 is 0 Å². The van der Waals surface area contributed by atoms with E-state index in [2.05, 4.69) is 15.1 Å². The molecule has 0 radical (unpaired) electrons. The second-order valence-electron chi connectivity index (χ2n) is 3.07. The van der Waals surface area contributed by atoms with Crippen molar-refractivity contribution in [2.75, 3.05) is 0 Å². The molecular weight excluding hydrogens is 184 g/mol. The van der Waals surface area contributed by atoms with Gasteiger partial charge >= 0.3 is 11.4 Å². The van der Waals surface area contributed by atoms with Crippen LogP contribution < -0.4 is 11.4 Å². The fourth-order valence-electron chi connectivity index (χ4n) is 1.35. The van der Waals surface area contributed by atoms with Crippen LogP contribution in [0.1, 0.15) is 19.0 Å². The molecule has 0 fully saturated rings. The van der Waals surface area contributed by atoms with E-state index in [-0.39, 0.29) is 0 Å². The Balaban J connectivity index is 2.71. The molecule has 2 heterocycles. The van der Waals surface area contributed by atoms with Crippen LogP contribution in [0.2, 0.25) is 0 Å². The number of H-pyrrole nitrogens is 2. The van der Waals surface area contributed by atoms with Gasteiger partial charge in [-0.05, 0) is 6.42 Å². The maximum absolute atomic E-state index is 11.2. The Hall–Kier alpha value is -1.85. The van der Waals surface area contributed by atoms with Crippen molar-refractivity contribution in [2.45, 2.75) is 19.8 Å². The number of nitrogens with one attached hydrogen (secondary N) is 2. The fourth-order valence-corrected chi connectivity index (χ4v) is 1.35. The number of hydrogen-bond donors (Lipinski definition) is 2. The van der Waals surface area contributed by atoms with Crippen molar-refractivity contribution in [3.05, 3.63) is 32.7 Å². The van der Waals surface area contributed by atoms with E-state index in [9.17, 15) is 9.59 Å². The van der Waals surface area contributed by atoms with Crippen LogP contribution >= 0.6 is 0 Å².